The van der Waals surface area contributed by atoms with Crippen molar-refractivity contribution in [2.24, 2.45) is 0 Å². The average Bonchev–Trinajstić information content (AvgIpc) is 2.14. The fourth-order valence-electron chi connectivity index (χ4n) is 0.636. The number of aryl methyl sites for hydroxylation is 1. The van der Waals surface area contributed by atoms with Crippen LogP contribution in [-0.4, -0.2) is 5.71 Å². The summed E-state index contributed by atoms with van der Waals surface area (Å²) in [5.74, 6) is 1.52. The Morgan fingerprint density at radius 2 is 2.22 bits per heavy atom. The largest absolute Gasteiger partial charge is 0.460 e. The normalized spacial score (nSPS) is 9.56. The summed E-state index contributed by atoms with van der Waals surface area (Å²) in [6.07, 6.45) is 0. The van der Waals surface area contributed by atoms with Crippen LogP contribution >= 0.6 is 0 Å². The van der Waals surface area contributed by atoms with E-state index in [4.69, 9.17) is 9.83 Å². The first-order chi connectivity index (χ1) is 4.20. The molecule has 0 fully saturated rings. The van der Waals surface area contributed by atoms with Gasteiger partial charge in [0.25, 0.3) is 0 Å². The zero-order valence-electron chi connectivity index (χ0n) is 5.56. The van der Waals surface area contributed by atoms with Crippen molar-refractivity contribution in [3.05, 3.63) is 23.7 Å². The van der Waals surface area contributed by atoms with Gasteiger partial charge in [0, 0.05) is 0 Å². The monoisotopic (exact) mass is 123 g/mol. The SMILES string of the molecule is CC(=N)c1ccc(C)o1. The fraction of sp³-hybridized carbons (Fsp3) is 0.286. The van der Waals surface area contributed by atoms with Crippen molar-refractivity contribution >= 4 is 5.71 Å². The van der Waals surface area contributed by atoms with Gasteiger partial charge < -0.3 is 9.83 Å². The zero-order chi connectivity index (χ0) is 6.85. The molecule has 48 valence electrons. The molecule has 0 aromatic carbocycles. The van der Waals surface area contributed by atoms with Gasteiger partial charge in [-0.1, -0.05) is 0 Å². The molecule has 1 rings (SSSR count). The lowest BCUT2D eigenvalue weighted by molar-refractivity contribution is 0.525. The van der Waals surface area contributed by atoms with Gasteiger partial charge in [-0.05, 0) is 26.0 Å². The van der Waals surface area contributed by atoms with Crippen molar-refractivity contribution < 1.29 is 4.42 Å². The summed E-state index contributed by atoms with van der Waals surface area (Å²) in [5.41, 5.74) is 0.475. The van der Waals surface area contributed by atoms with E-state index in [1.54, 1.807) is 13.0 Å². The van der Waals surface area contributed by atoms with Gasteiger partial charge in [-0.2, -0.15) is 0 Å². The Kier molecular flexibility index (Phi) is 1.39. The third kappa shape index (κ3) is 1.19. The predicted molar refractivity (Wildman–Crippen MR) is 35.9 cm³/mol. The summed E-state index contributed by atoms with van der Waals surface area (Å²) in [6.45, 7) is 3.57. The van der Waals surface area contributed by atoms with Crippen molar-refractivity contribution in [1.29, 1.82) is 5.41 Å². The highest BCUT2D eigenvalue weighted by Crippen LogP contribution is 2.05. The minimum atomic E-state index is 0.475. The molecular formula is C7H9NO. The summed E-state index contributed by atoms with van der Waals surface area (Å²) in [7, 11) is 0. The van der Waals surface area contributed by atoms with Crippen molar-refractivity contribution in [2.45, 2.75) is 13.8 Å². The summed E-state index contributed by atoms with van der Waals surface area (Å²) < 4.78 is 5.12. The highest BCUT2D eigenvalue weighted by atomic mass is 16.3. The van der Waals surface area contributed by atoms with E-state index >= 15 is 0 Å². The lowest BCUT2D eigenvalue weighted by Gasteiger charge is -1.86. The van der Waals surface area contributed by atoms with Crippen molar-refractivity contribution in [3.63, 3.8) is 0 Å². The molecule has 0 aliphatic carbocycles. The maximum Gasteiger partial charge on any atom is 0.147 e. The second-order valence-electron chi connectivity index (χ2n) is 2.04. The highest BCUT2D eigenvalue weighted by molar-refractivity contribution is 5.93. The molecule has 2 heteroatoms. The number of rotatable bonds is 1. The summed E-state index contributed by atoms with van der Waals surface area (Å²) in [5, 5.41) is 7.15. The maximum absolute atomic E-state index is 7.15. The first-order valence-electron chi connectivity index (χ1n) is 2.82. The highest BCUT2D eigenvalue weighted by Gasteiger charge is 1.97. The maximum atomic E-state index is 7.15. The van der Waals surface area contributed by atoms with Crippen molar-refractivity contribution in [3.8, 4) is 0 Å². The summed E-state index contributed by atoms with van der Waals surface area (Å²) in [6, 6.07) is 3.66. The molecule has 1 N–H and O–H groups in total. The van der Waals surface area contributed by atoms with Crippen LogP contribution in [0.25, 0.3) is 0 Å². The predicted octanol–water partition coefficient (Wildman–Crippen LogP) is 1.98. The molecule has 0 saturated carbocycles. The van der Waals surface area contributed by atoms with Crippen LogP contribution in [0.4, 0.5) is 0 Å². The molecule has 0 unspecified atom stereocenters. The molecule has 1 aromatic heterocycles. The first kappa shape index (κ1) is 6.08. The van der Waals surface area contributed by atoms with Gasteiger partial charge in [-0.15, -0.1) is 0 Å². The number of furan rings is 1. The van der Waals surface area contributed by atoms with E-state index in [1.807, 2.05) is 13.0 Å². The molecule has 2 nitrogen and oxygen atoms in total. The van der Waals surface area contributed by atoms with Gasteiger partial charge in [0.05, 0.1) is 5.71 Å². The van der Waals surface area contributed by atoms with E-state index in [2.05, 4.69) is 0 Å². The smallest absolute Gasteiger partial charge is 0.147 e. The van der Waals surface area contributed by atoms with Gasteiger partial charge in [0.15, 0.2) is 0 Å². The Morgan fingerprint density at radius 1 is 1.56 bits per heavy atom. The standard InChI is InChI=1S/C7H9NO/c1-5-3-4-7(9-5)6(2)8/h3-4,8H,1-2H3. The quantitative estimate of drug-likeness (QED) is 0.569. The molecule has 0 aliphatic heterocycles. The number of nitrogens with one attached hydrogen (secondary N) is 1. The Balaban J connectivity index is 2.98. The van der Waals surface area contributed by atoms with E-state index in [-0.39, 0.29) is 0 Å². The molecule has 0 radical (unpaired) electrons. The van der Waals surface area contributed by atoms with E-state index in [0.717, 1.165) is 5.76 Å². The molecule has 0 bridgehead atoms. The van der Waals surface area contributed by atoms with Gasteiger partial charge in [-0.3, -0.25) is 0 Å². The van der Waals surface area contributed by atoms with Crippen LogP contribution in [0.5, 0.6) is 0 Å². The minimum Gasteiger partial charge on any atom is -0.460 e. The second-order valence-corrected chi connectivity index (χ2v) is 2.04. The van der Waals surface area contributed by atoms with Crippen LogP contribution in [0.2, 0.25) is 0 Å². The molecule has 0 atom stereocenters. The van der Waals surface area contributed by atoms with Gasteiger partial charge in [0.2, 0.25) is 0 Å². The Bertz CT molecular complexity index is 225. The third-order valence-corrected chi connectivity index (χ3v) is 1.11. The molecule has 9 heavy (non-hydrogen) atoms. The molecule has 0 spiro atoms. The minimum absolute atomic E-state index is 0.475. The van der Waals surface area contributed by atoms with Crippen molar-refractivity contribution in [2.75, 3.05) is 0 Å². The number of hydrogen-bond acceptors (Lipinski definition) is 2. The third-order valence-electron chi connectivity index (χ3n) is 1.11. The van der Waals surface area contributed by atoms with E-state index in [9.17, 15) is 0 Å². The van der Waals surface area contributed by atoms with Crippen molar-refractivity contribution in [1.82, 2.24) is 0 Å². The number of hydrogen-bond donors (Lipinski definition) is 1. The molecule has 0 saturated heterocycles. The lowest BCUT2D eigenvalue weighted by Crippen LogP contribution is -1.85. The summed E-state index contributed by atoms with van der Waals surface area (Å²) >= 11 is 0. The van der Waals surface area contributed by atoms with Crippen LogP contribution in [0, 0.1) is 12.3 Å². The average molecular weight is 123 g/mol. The zero-order valence-corrected chi connectivity index (χ0v) is 5.56. The second kappa shape index (κ2) is 2.05. The molecule has 1 aromatic rings. The van der Waals surface area contributed by atoms with Crippen LogP contribution in [0.1, 0.15) is 18.4 Å². The van der Waals surface area contributed by atoms with Crippen LogP contribution < -0.4 is 0 Å². The Hall–Kier alpha value is -1.05. The fourth-order valence-corrected chi connectivity index (χ4v) is 0.636. The van der Waals surface area contributed by atoms with Crippen LogP contribution in [-0.2, 0) is 0 Å². The summed E-state index contributed by atoms with van der Waals surface area (Å²) in [4.78, 5) is 0. The van der Waals surface area contributed by atoms with E-state index < -0.39 is 0 Å². The Labute approximate surface area is 54.0 Å². The molecule has 0 aliphatic rings. The molecule has 0 amide bonds. The van der Waals surface area contributed by atoms with E-state index in [1.165, 1.54) is 0 Å². The van der Waals surface area contributed by atoms with Crippen LogP contribution in [0.3, 0.4) is 0 Å². The lowest BCUT2D eigenvalue weighted by atomic mass is 10.3. The van der Waals surface area contributed by atoms with Crippen LogP contribution in [0.15, 0.2) is 16.5 Å². The topological polar surface area (TPSA) is 37.0 Å². The van der Waals surface area contributed by atoms with E-state index in [0.29, 0.717) is 11.5 Å². The van der Waals surface area contributed by atoms with Gasteiger partial charge in [-0.25, -0.2) is 0 Å². The first-order valence-corrected chi connectivity index (χ1v) is 2.82. The molecule has 1 heterocycles. The van der Waals surface area contributed by atoms with Gasteiger partial charge in [0.1, 0.15) is 11.5 Å². The van der Waals surface area contributed by atoms with Gasteiger partial charge >= 0.3 is 0 Å². The Morgan fingerprint density at radius 3 is 2.44 bits per heavy atom. The molecular weight excluding hydrogens is 114 g/mol.